The SMILES string of the molecule is CC1CC(O)CCN1CCc1cc2c(cc1F)OCO2. The lowest BCUT2D eigenvalue weighted by molar-refractivity contribution is 0.0489. The van der Waals surface area contributed by atoms with E-state index >= 15 is 0 Å². The molecule has 1 aromatic rings. The predicted molar refractivity (Wildman–Crippen MR) is 72.5 cm³/mol. The Morgan fingerprint density at radius 1 is 1.35 bits per heavy atom. The maximum absolute atomic E-state index is 14.0. The summed E-state index contributed by atoms with van der Waals surface area (Å²) in [5, 5.41) is 9.62. The molecule has 5 heteroatoms. The minimum atomic E-state index is -0.237. The van der Waals surface area contributed by atoms with Gasteiger partial charge < -0.3 is 19.5 Å². The second-order valence-corrected chi connectivity index (χ2v) is 5.61. The van der Waals surface area contributed by atoms with Crippen molar-refractivity contribution in [3.05, 3.63) is 23.5 Å². The van der Waals surface area contributed by atoms with Crippen LogP contribution in [-0.2, 0) is 6.42 Å². The average molecular weight is 281 g/mol. The fourth-order valence-corrected chi connectivity index (χ4v) is 2.94. The van der Waals surface area contributed by atoms with Gasteiger partial charge in [0.1, 0.15) is 5.82 Å². The number of benzene rings is 1. The molecule has 0 aliphatic carbocycles. The van der Waals surface area contributed by atoms with Crippen molar-refractivity contribution in [3.63, 3.8) is 0 Å². The Labute approximate surface area is 118 Å². The zero-order valence-electron chi connectivity index (χ0n) is 11.6. The van der Waals surface area contributed by atoms with Gasteiger partial charge in [-0.3, -0.25) is 0 Å². The lowest BCUT2D eigenvalue weighted by Crippen LogP contribution is -2.43. The maximum atomic E-state index is 14.0. The molecule has 0 amide bonds. The van der Waals surface area contributed by atoms with Crippen LogP contribution >= 0.6 is 0 Å². The monoisotopic (exact) mass is 281 g/mol. The molecular formula is C15H20FNO3. The van der Waals surface area contributed by atoms with E-state index < -0.39 is 0 Å². The number of likely N-dealkylation sites (tertiary alicyclic amines) is 1. The highest BCUT2D eigenvalue weighted by molar-refractivity contribution is 5.45. The van der Waals surface area contributed by atoms with Crippen LogP contribution in [0.25, 0.3) is 0 Å². The number of ether oxygens (including phenoxy) is 2. The van der Waals surface area contributed by atoms with Crippen molar-refractivity contribution in [2.24, 2.45) is 0 Å². The van der Waals surface area contributed by atoms with E-state index in [1.54, 1.807) is 6.07 Å². The molecule has 1 saturated heterocycles. The quantitative estimate of drug-likeness (QED) is 0.919. The van der Waals surface area contributed by atoms with Crippen molar-refractivity contribution >= 4 is 0 Å². The molecule has 0 bridgehead atoms. The van der Waals surface area contributed by atoms with Crippen LogP contribution in [0.5, 0.6) is 11.5 Å². The molecule has 20 heavy (non-hydrogen) atoms. The topological polar surface area (TPSA) is 41.9 Å². The molecule has 1 aromatic carbocycles. The Morgan fingerprint density at radius 2 is 2.10 bits per heavy atom. The van der Waals surface area contributed by atoms with Gasteiger partial charge in [0.25, 0.3) is 0 Å². The third-order valence-corrected chi connectivity index (χ3v) is 4.20. The molecule has 0 spiro atoms. The molecule has 2 unspecified atom stereocenters. The van der Waals surface area contributed by atoms with Crippen LogP contribution in [-0.4, -0.2) is 42.0 Å². The summed E-state index contributed by atoms with van der Waals surface area (Å²) in [6, 6.07) is 3.48. The van der Waals surface area contributed by atoms with Crippen molar-refractivity contribution in [1.29, 1.82) is 0 Å². The van der Waals surface area contributed by atoms with Crippen LogP contribution < -0.4 is 9.47 Å². The maximum Gasteiger partial charge on any atom is 0.231 e. The Bertz CT molecular complexity index is 494. The molecule has 2 aliphatic heterocycles. The van der Waals surface area contributed by atoms with Gasteiger partial charge in [-0.1, -0.05) is 0 Å². The predicted octanol–water partition coefficient (Wildman–Crippen LogP) is 1.94. The molecule has 0 saturated carbocycles. The van der Waals surface area contributed by atoms with Crippen molar-refractivity contribution in [2.45, 2.75) is 38.3 Å². The molecule has 1 fully saturated rings. The second-order valence-electron chi connectivity index (χ2n) is 5.61. The standard InChI is InChI=1S/C15H20FNO3/c1-10-6-12(18)3-5-17(10)4-2-11-7-14-15(8-13(11)16)20-9-19-14/h7-8,10,12,18H,2-6,9H2,1H3. The summed E-state index contributed by atoms with van der Waals surface area (Å²) in [7, 11) is 0. The lowest BCUT2D eigenvalue weighted by Gasteiger charge is -2.35. The number of aliphatic hydroxyl groups is 1. The summed E-state index contributed by atoms with van der Waals surface area (Å²) in [6.45, 7) is 3.94. The number of rotatable bonds is 3. The molecular weight excluding hydrogens is 261 g/mol. The van der Waals surface area contributed by atoms with Crippen LogP contribution in [0.2, 0.25) is 0 Å². The van der Waals surface area contributed by atoms with Gasteiger partial charge in [-0.2, -0.15) is 0 Å². The van der Waals surface area contributed by atoms with Crippen molar-refractivity contribution in [1.82, 2.24) is 4.90 Å². The Morgan fingerprint density at radius 3 is 2.85 bits per heavy atom. The van der Waals surface area contributed by atoms with E-state index in [1.807, 2.05) is 0 Å². The Kier molecular flexibility index (Phi) is 3.81. The van der Waals surface area contributed by atoms with Crippen molar-refractivity contribution in [2.75, 3.05) is 19.9 Å². The largest absolute Gasteiger partial charge is 0.454 e. The smallest absolute Gasteiger partial charge is 0.231 e. The molecule has 110 valence electrons. The van der Waals surface area contributed by atoms with Gasteiger partial charge in [0.15, 0.2) is 11.5 Å². The Hall–Kier alpha value is -1.33. The number of piperidine rings is 1. The van der Waals surface area contributed by atoms with Crippen molar-refractivity contribution in [3.8, 4) is 11.5 Å². The highest BCUT2D eigenvalue weighted by Crippen LogP contribution is 2.34. The van der Waals surface area contributed by atoms with E-state index in [-0.39, 0.29) is 18.7 Å². The number of halogens is 1. The molecule has 2 atom stereocenters. The normalized spacial score (nSPS) is 25.9. The number of hydrogen-bond acceptors (Lipinski definition) is 4. The zero-order valence-corrected chi connectivity index (χ0v) is 11.6. The third-order valence-electron chi connectivity index (χ3n) is 4.20. The van der Waals surface area contributed by atoms with Crippen LogP contribution in [0.4, 0.5) is 4.39 Å². The Balaban J connectivity index is 1.64. The number of fused-ring (bicyclic) bond motifs is 1. The summed E-state index contributed by atoms with van der Waals surface area (Å²) in [5.74, 6) is 0.878. The highest BCUT2D eigenvalue weighted by atomic mass is 19.1. The van der Waals surface area contributed by atoms with Gasteiger partial charge in [-0.15, -0.1) is 0 Å². The third kappa shape index (κ3) is 2.74. The molecule has 0 aromatic heterocycles. The number of nitrogens with zero attached hydrogens (tertiary/aromatic N) is 1. The first-order valence-corrected chi connectivity index (χ1v) is 7.13. The van der Waals surface area contributed by atoms with E-state index in [1.165, 1.54) is 6.07 Å². The van der Waals surface area contributed by atoms with Crippen LogP contribution in [0, 0.1) is 5.82 Å². The minimum absolute atomic E-state index is 0.166. The summed E-state index contributed by atoms with van der Waals surface area (Å²) in [6.07, 6.45) is 2.05. The zero-order chi connectivity index (χ0) is 14.1. The van der Waals surface area contributed by atoms with E-state index in [4.69, 9.17) is 9.47 Å². The fourth-order valence-electron chi connectivity index (χ4n) is 2.94. The van der Waals surface area contributed by atoms with Gasteiger partial charge in [-0.05, 0) is 37.8 Å². The van der Waals surface area contributed by atoms with Gasteiger partial charge in [-0.25, -0.2) is 4.39 Å². The van der Waals surface area contributed by atoms with Crippen LogP contribution in [0.15, 0.2) is 12.1 Å². The molecule has 3 rings (SSSR count). The average Bonchev–Trinajstić information content (AvgIpc) is 2.84. The second kappa shape index (κ2) is 5.58. The highest BCUT2D eigenvalue weighted by Gasteiger charge is 2.24. The van der Waals surface area contributed by atoms with E-state index in [0.717, 1.165) is 25.9 Å². The molecule has 0 radical (unpaired) electrons. The first-order valence-electron chi connectivity index (χ1n) is 7.13. The molecule has 1 N–H and O–H groups in total. The minimum Gasteiger partial charge on any atom is -0.454 e. The van der Waals surface area contributed by atoms with E-state index in [0.29, 0.717) is 29.5 Å². The molecule has 2 heterocycles. The number of aliphatic hydroxyl groups excluding tert-OH is 1. The first kappa shape index (κ1) is 13.6. The van der Waals surface area contributed by atoms with Crippen molar-refractivity contribution < 1.29 is 19.0 Å². The van der Waals surface area contributed by atoms with Crippen LogP contribution in [0.3, 0.4) is 0 Å². The van der Waals surface area contributed by atoms with Gasteiger partial charge in [0, 0.05) is 25.2 Å². The van der Waals surface area contributed by atoms with E-state index in [9.17, 15) is 9.50 Å². The van der Waals surface area contributed by atoms with E-state index in [2.05, 4.69) is 11.8 Å². The summed E-state index contributed by atoms with van der Waals surface area (Å²) in [4.78, 5) is 2.30. The fraction of sp³-hybridized carbons (Fsp3) is 0.600. The summed E-state index contributed by atoms with van der Waals surface area (Å²) in [5.41, 5.74) is 0.660. The van der Waals surface area contributed by atoms with Gasteiger partial charge in [0.05, 0.1) is 6.10 Å². The summed E-state index contributed by atoms with van der Waals surface area (Å²) >= 11 is 0. The first-order chi connectivity index (χ1) is 9.63. The molecule has 2 aliphatic rings. The summed E-state index contributed by atoms with van der Waals surface area (Å²) < 4.78 is 24.4. The lowest BCUT2D eigenvalue weighted by atomic mass is 10.00. The van der Waals surface area contributed by atoms with Gasteiger partial charge in [0.2, 0.25) is 6.79 Å². The number of hydrogen-bond donors (Lipinski definition) is 1. The van der Waals surface area contributed by atoms with Gasteiger partial charge >= 0.3 is 0 Å². The van der Waals surface area contributed by atoms with Crippen LogP contribution in [0.1, 0.15) is 25.3 Å². The molecule has 4 nitrogen and oxygen atoms in total.